The Kier molecular flexibility index (Phi) is 4.13. The third kappa shape index (κ3) is 3.13. The molecule has 0 fully saturated rings. The molecule has 0 aromatic heterocycles. The molecule has 0 saturated heterocycles. The van der Waals surface area contributed by atoms with Gasteiger partial charge in [-0.25, -0.2) is 4.79 Å². The molecule has 16 heavy (non-hydrogen) atoms. The van der Waals surface area contributed by atoms with Crippen LogP contribution in [0.25, 0.3) is 0 Å². The summed E-state index contributed by atoms with van der Waals surface area (Å²) in [5.41, 5.74) is 6.11. The number of methoxy groups -OCH3 is 1. The van der Waals surface area contributed by atoms with E-state index in [-0.39, 0.29) is 11.7 Å². The molecule has 0 aliphatic rings. The third-order valence-electron chi connectivity index (χ3n) is 2.13. The molecular weight excluding hydrogens is 210 g/mol. The molecule has 1 rings (SSSR count). The van der Waals surface area contributed by atoms with Gasteiger partial charge in [-0.05, 0) is 25.1 Å². The monoisotopic (exact) mass is 225 g/mol. The van der Waals surface area contributed by atoms with Crippen LogP contribution in [0.15, 0.2) is 18.2 Å². The van der Waals surface area contributed by atoms with Crippen LogP contribution in [0.4, 0.5) is 5.69 Å². The van der Waals surface area contributed by atoms with Crippen molar-refractivity contribution in [2.24, 2.45) is 0 Å². The lowest BCUT2D eigenvalue weighted by molar-refractivity contribution is 0.0693. The maximum absolute atomic E-state index is 10.7. The van der Waals surface area contributed by atoms with Crippen molar-refractivity contribution >= 4 is 11.7 Å². The van der Waals surface area contributed by atoms with Gasteiger partial charge in [-0.2, -0.15) is 0 Å². The van der Waals surface area contributed by atoms with Gasteiger partial charge >= 0.3 is 5.97 Å². The number of benzene rings is 1. The van der Waals surface area contributed by atoms with Crippen LogP contribution in [0, 0.1) is 0 Å². The van der Waals surface area contributed by atoms with Crippen molar-refractivity contribution in [3.8, 4) is 5.75 Å². The van der Waals surface area contributed by atoms with Crippen molar-refractivity contribution in [1.29, 1.82) is 0 Å². The zero-order chi connectivity index (χ0) is 12.1. The molecule has 5 heteroatoms. The molecule has 0 saturated carbocycles. The van der Waals surface area contributed by atoms with Crippen LogP contribution in [-0.4, -0.2) is 30.9 Å². The zero-order valence-corrected chi connectivity index (χ0v) is 9.27. The summed E-state index contributed by atoms with van der Waals surface area (Å²) in [5.74, 6) is -0.544. The molecule has 1 aromatic carbocycles. The Morgan fingerprint density at radius 3 is 2.75 bits per heavy atom. The Morgan fingerprint density at radius 1 is 1.56 bits per heavy atom. The maximum Gasteiger partial charge on any atom is 0.335 e. The minimum Gasteiger partial charge on any atom is -0.489 e. The molecule has 1 aromatic rings. The van der Waals surface area contributed by atoms with Crippen molar-refractivity contribution in [2.45, 2.75) is 13.0 Å². The van der Waals surface area contributed by atoms with E-state index in [4.69, 9.17) is 20.3 Å². The summed E-state index contributed by atoms with van der Waals surface area (Å²) in [7, 11) is 1.59. The van der Waals surface area contributed by atoms with E-state index in [1.165, 1.54) is 12.1 Å². The summed E-state index contributed by atoms with van der Waals surface area (Å²) in [6.45, 7) is 2.23. The van der Waals surface area contributed by atoms with Crippen molar-refractivity contribution in [1.82, 2.24) is 0 Å². The number of aromatic carboxylic acids is 1. The van der Waals surface area contributed by atoms with E-state index in [1.807, 2.05) is 6.92 Å². The van der Waals surface area contributed by atoms with Gasteiger partial charge in [0.05, 0.1) is 17.4 Å². The number of nitrogen functional groups attached to an aromatic ring is 1. The van der Waals surface area contributed by atoms with Crippen LogP contribution in [-0.2, 0) is 4.74 Å². The van der Waals surface area contributed by atoms with E-state index in [9.17, 15) is 4.79 Å². The van der Waals surface area contributed by atoms with Gasteiger partial charge in [-0.15, -0.1) is 0 Å². The highest BCUT2D eigenvalue weighted by Gasteiger charge is 2.08. The first-order valence-corrected chi connectivity index (χ1v) is 4.83. The van der Waals surface area contributed by atoms with Gasteiger partial charge < -0.3 is 20.3 Å². The lowest BCUT2D eigenvalue weighted by Gasteiger charge is -2.13. The molecule has 0 heterocycles. The topological polar surface area (TPSA) is 81.8 Å². The molecule has 0 radical (unpaired) electrons. The van der Waals surface area contributed by atoms with Crippen LogP contribution >= 0.6 is 0 Å². The molecule has 0 aliphatic carbocycles. The number of anilines is 1. The van der Waals surface area contributed by atoms with Gasteiger partial charge in [0, 0.05) is 7.11 Å². The van der Waals surface area contributed by atoms with Gasteiger partial charge in [-0.1, -0.05) is 0 Å². The van der Waals surface area contributed by atoms with E-state index in [2.05, 4.69) is 0 Å². The molecule has 0 amide bonds. The molecule has 1 atom stereocenters. The first-order valence-electron chi connectivity index (χ1n) is 4.83. The second kappa shape index (κ2) is 5.37. The predicted molar refractivity (Wildman–Crippen MR) is 59.8 cm³/mol. The minimum absolute atomic E-state index is 0.0430. The molecule has 3 N–H and O–H groups in total. The zero-order valence-electron chi connectivity index (χ0n) is 9.27. The van der Waals surface area contributed by atoms with Crippen molar-refractivity contribution in [2.75, 3.05) is 19.5 Å². The van der Waals surface area contributed by atoms with E-state index in [0.29, 0.717) is 18.0 Å². The van der Waals surface area contributed by atoms with Gasteiger partial charge in [0.1, 0.15) is 12.4 Å². The fourth-order valence-corrected chi connectivity index (χ4v) is 1.09. The first-order chi connectivity index (χ1) is 7.54. The lowest BCUT2D eigenvalue weighted by atomic mass is 10.2. The van der Waals surface area contributed by atoms with Gasteiger partial charge in [0.15, 0.2) is 0 Å². The summed E-state index contributed by atoms with van der Waals surface area (Å²) in [4.78, 5) is 10.7. The van der Waals surface area contributed by atoms with Crippen LogP contribution < -0.4 is 10.5 Å². The molecule has 5 nitrogen and oxygen atoms in total. The second-order valence-electron chi connectivity index (χ2n) is 3.42. The van der Waals surface area contributed by atoms with E-state index < -0.39 is 5.97 Å². The highest BCUT2D eigenvalue weighted by molar-refractivity contribution is 5.89. The third-order valence-corrected chi connectivity index (χ3v) is 2.13. The van der Waals surface area contributed by atoms with Crippen LogP contribution in [0.5, 0.6) is 5.75 Å². The number of carboxylic acids is 1. The quantitative estimate of drug-likeness (QED) is 0.740. The molecule has 0 aliphatic heterocycles. The maximum atomic E-state index is 10.7. The normalized spacial score (nSPS) is 12.1. The van der Waals surface area contributed by atoms with Gasteiger partial charge in [0.2, 0.25) is 0 Å². The van der Waals surface area contributed by atoms with E-state index in [1.54, 1.807) is 13.2 Å². The fraction of sp³-hybridized carbons (Fsp3) is 0.364. The number of carboxylic acid groups (broad SMARTS) is 1. The Bertz CT molecular complexity index is 378. The summed E-state index contributed by atoms with van der Waals surface area (Å²) in [5, 5.41) is 8.74. The standard InChI is InChI=1S/C11H15NO4/c1-7(15-2)6-16-10-4-3-8(11(13)14)5-9(10)12/h3-5,7H,6,12H2,1-2H3,(H,13,14). The van der Waals surface area contributed by atoms with Crippen molar-refractivity contribution in [3.05, 3.63) is 23.8 Å². The molecule has 88 valence electrons. The van der Waals surface area contributed by atoms with Crippen LogP contribution in [0.1, 0.15) is 17.3 Å². The SMILES string of the molecule is COC(C)COc1ccc(C(=O)O)cc1N. The average Bonchev–Trinajstić information content (AvgIpc) is 2.26. The summed E-state index contributed by atoms with van der Waals surface area (Å²) >= 11 is 0. The number of carbonyl (C=O) groups is 1. The van der Waals surface area contributed by atoms with Gasteiger partial charge in [0.25, 0.3) is 0 Å². The molecule has 0 bridgehead atoms. The number of rotatable bonds is 5. The number of hydrogen-bond donors (Lipinski definition) is 2. The lowest BCUT2D eigenvalue weighted by Crippen LogP contribution is -2.16. The molecule has 0 spiro atoms. The smallest absolute Gasteiger partial charge is 0.335 e. The molecule has 1 unspecified atom stereocenters. The summed E-state index contributed by atoms with van der Waals surface area (Å²) in [6, 6.07) is 4.36. The Hall–Kier alpha value is -1.75. The summed E-state index contributed by atoms with van der Waals surface area (Å²) in [6.07, 6.45) is -0.0430. The largest absolute Gasteiger partial charge is 0.489 e. The highest BCUT2D eigenvalue weighted by atomic mass is 16.5. The molecular formula is C11H15NO4. The van der Waals surface area contributed by atoms with E-state index >= 15 is 0 Å². The second-order valence-corrected chi connectivity index (χ2v) is 3.42. The fourth-order valence-electron chi connectivity index (χ4n) is 1.09. The van der Waals surface area contributed by atoms with Gasteiger partial charge in [-0.3, -0.25) is 0 Å². The van der Waals surface area contributed by atoms with Crippen molar-refractivity contribution < 1.29 is 19.4 Å². The first kappa shape index (κ1) is 12.3. The average molecular weight is 225 g/mol. The Labute approximate surface area is 93.8 Å². The highest BCUT2D eigenvalue weighted by Crippen LogP contribution is 2.22. The number of hydrogen-bond acceptors (Lipinski definition) is 4. The number of ether oxygens (including phenoxy) is 2. The Morgan fingerprint density at radius 2 is 2.25 bits per heavy atom. The Balaban J connectivity index is 2.72. The van der Waals surface area contributed by atoms with Crippen LogP contribution in [0.2, 0.25) is 0 Å². The van der Waals surface area contributed by atoms with E-state index in [0.717, 1.165) is 0 Å². The number of nitrogens with two attached hydrogens (primary N) is 1. The van der Waals surface area contributed by atoms with Crippen LogP contribution in [0.3, 0.4) is 0 Å². The predicted octanol–water partition coefficient (Wildman–Crippen LogP) is 1.38. The minimum atomic E-state index is -1.01. The van der Waals surface area contributed by atoms with Crippen molar-refractivity contribution in [3.63, 3.8) is 0 Å². The summed E-state index contributed by atoms with van der Waals surface area (Å²) < 4.78 is 10.4.